The molecular weight excluding hydrogens is 338 g/mol. The molecule has 2 aromatic carbocycles. The SMILES string of the molecule is Cc1cccc2cc(C#N)c(NCCN(Cc3ccccc3)C(N)=O)nc12. The lowest BCUT2D eigenvalue weighted by Crippen LogP contribution is -2.38. The summed E-state index contributed by atoms with van der Waals surface area (Å²) in [7, 11) is 0. The van der Waals surface area contributed by atoms with E-state index in [2.05, 4.69) is 16.4 Å². The van der Waals surface area contributed by atoms with Crippen molar-refractivity contribution in [3.63, 3.8) is 0 Å². The van der Waals surface area contributed by atoms with Gasteiger partial charge < -0.3 is 16.0 Å². The predicted octanol–water partition coefficient (Wildman–Crippen LogP) is 3.41. The number of aryl methyl sites for hydroxylation is 1. The van der Waals surface area contributed by atoms with Crippen molar-refractivity contribution in [2.45, 2.75) is 13.5 Å². The van der Waals surface area contributed by atoms with Crippen LogP contribution < -0.4 is 11.1 Å². The van der Waals surface area contributed by atoms with E-state index in [0.29, 0.717) is 31.0 Å². The molecule has 0 aliphatic carbocycles. The van der Waals surface area contributed by atoms with Gasteiger partial charge in [-0.2, -0.15) is 5.26 Å². The van der Waals surface area contributed by atoms with Crippen molar-refractivity contribution >= 4 is 22.8 Å². The third kappa shape index (κ3) is 4.33. The summed E-state index contributed by atoms with van der Waals surface area (Å²) in [6.07, 6.45) is 0. The molecule has 6 heteroatoms. The first-order valence-electron chi connectivity index (χ1n) is 8.71. The zero-order chi connectivity index (χ0) is 19.2. The Balaban J connectivity index is 1.72. The number of amides is 2. The maximum atomic E-state index is 11.7. The molecule has 0 saturated carbocycles. The highest BCUT2D eigenvalue weighted by Crippen LogP contribution is 2.22. The van der Waals surface area contributed by atoms with Crippen LogP contribution >= 0.6 is 0 Å². The highest BCUT2D eigenvalue weighted by Gasteiger charge is 2.12. The van der Waals surface area contributed by atoms with Gasteiger partial charge in [-0.3, -0.25) is 0 Å². The summed E-state index contributed by atoms with van der Waals surface area (Å²) in [6.45, 7) is 3.27. The van der Waals surface area contributed by atoms with Gasteiger partial charge in [0.15, 0.2) is 0 Å². The molecule has 136 valence electrons. The number of nitrogens with one attached hydrogen (secondary N) is 1. The number of primary amides is 1. The van der Waals surface area contributed by atoms with E-state index in [0.717, 1.165) is 22.0 Å². The second-order valence-corrected chi connectivity index (χ2v) is 6.32. The van der Waals surface area contributed by atoms with E-state index < -0.39 is 6.03 Å². The number of urea groups is 1. The Kier molecular flexibility index (Phi) is 5.53. The lowest BCUT2D eigenvalue weighted by molar-refractivity contribution is 0.207. The molecule has 0 fully saturated rings. The number of rotatable bonds is 6. The number of para-hydroxylation sites is 1. The number of hydrogen-bond acceptors (Lipinski definition) is 4. The van der Waals surface area contributed by atoms with Crippen LogP contribution in [0.15, 0.2) is 54.6 Å². The van der Waals surface area contributed by atoms with Gasteiger partial charge in [-0.1, -0.05) is 48.5 Å². The quantitative estimate of drug-likeness (QED) is 0.705. The lowest BCUT2D eigenvalue weighted by atomic mass is 10.1. The first-order chi connectivity index (χ1) is 13.1. The molecule has 6 nitrogen and oxygen atoms in total. The maximum absolute atomic E-state index is 11.7. The van der Waals surface area contributed by atoms with Crippen molar-refractivity contribution in [2.24, 2.45) is 5.73 Å². The molecule has 3 N–H and O–H groups in total. The summed E-state index contributed by atoms with van der Waals surface area (Å²) in [5.74, 6) is 0.517. The molecule has 1 aromatic heterocycles. The van der Waals surface area contributed by atoms with E-state index in [-0.39, 0.29) is 0 Å². The number of nitriles is 1. The Bertz CT molecular complexity index is 995. The molecule has 1 heterocycles. The zero-order valence-corrected chi connectivity index (χ0v) is 15.1. The van der Waals surface area contributed by atoms with Gasteiger partial charge in [0.2, 0.25) is 0 Å². The van der Waals surface area contributed by atoms with Crippen molar-refractivity contribution in [1.29, 1.82) is 5.26 Å². The summed E-state index contributed by atoms with van der Waals surface area (Å²) in [6, 6.07) is 19.1. The van der Waals surface area contributed by atoms with Crippen molar-refractivity contribution < 1.29 is 4.79 Å². The van der Waals surface area contributed by atoms with E-state index in [1.165, 1.54) is 0 Å². The van der Waals surface area contributed by atoms with Gasteiger partial charge in [-0.15, -0.1) is 0 Å². The predicted molar refractivity (Wildman–Crippen MR) is 106 cm³/mol. The number of nitrogens with two attached hydrogens (primary N) is 1. The van der Waals surface area contributed by atoms with Crippen molar-refractivity contribution in [3.8, 4) is 6.07 Å². The monoisotopic (exact) mass is 359 g/mol. The standard InChI is InChI=1S/C21H21N5O/c1-15-6-5-9-17-12-18(13-22)20(25-19(15)17)24-10-11-26(21(23)27)14-16-7-3-2-4-8-16/h2-9,12H,10-11,14H2,1H3,(H2,23,27)(H,24,25). The van der Waals surface area contributed by atoms with Gasteiger partial charge in [0, 0.05) is 25.0 Å². The van der Waals surface area contributed by atoms with E-state index >= 15 is 0 Å². The van der Waals surface area contributed by atoms with Gasteiger partial charge in [-0.25, -0.2) is 9.78 Å². The molecule has 2 amide bonds. The van der Waals surface area contributed by atoms with E-state index in [1.807, 2.05) is 61.5 Å². The Labute approximate surface area is 158 Å². The Morgan fingerprint density at radius 1 is 1.22 bits per heavy atom. The van der Waals surface area contributed by atoms with Crippen LogP contribution in [0.1, 0.15) is 16.7 Å². The summed E-state index contributed by atoms with van der Waals surface area (Å²) in [4.78, 5) is 17.9. The molecule has 0 aliphatic heterocycles. The average Bonchev–Trinajstić information content (AvgIpc) is 2.68. The van der Waals surface area contributed by atoms with Gasteiger partial charge >= 0.3 is 6.03 Å². The summed E-state index contributed by atoms with van der Waals surface area (Å²) < 4.78 is 0. The molecule has 27 heavy (non-hydrogen) atoms. The van der Waals surface area contributed by atoms with Crippen LogP contribution in [0.25, 0.3) is 10.9 Å². The summed E-state index contributed by atoms with van der Waals surface area (Å²) >= 11 is 0. The average molecular weight is 359 g/mol. The fourth-order valence-corrected chi connectivity index (χ4v) is 2.95. The largest absolute Gasteiger partial charge is 0.367 e. The third-order valence-electron chi connectivity index (χ3n) is 4.37. The number of pyridine rings is 1. The molecule has 0 bridgehead atoms. The molecule has 0 atom stereocenters. The number of hydrogen-bond donors (Lipinski definition) is 2. The second kappa shape index (κ2) is 8.19. The van der Waals surface area contributed by atoms with Crippen LogP contribution in [0.5, 0.6) is 0 Å². The second-order valence-electron chi connectivity index (χ2n) is 6.32. The molecule has 0 saturated heterocycles. The first-order valence-corrected chi connectivity index (χ1v) is 8.71. The van der Waals surface area contributed by atoms with E-state index in [4.69, 9.17) is 5.73 Å². The highest BCUT2D eigenvalue weighted by molar-refractivity contribution is 5.85. The van der Waals surface area contributed by atoms with Gasteiger partial charge in [0.25, 0.3) is 0 Å². The number of aromatic nitrogens is 1. The van der Waals surface area contributed by atoms with Crippen molar-refractivity contribution in [2.75, 3.05) is 18.4 Å². The molecule has 0 spiro atoms. The van der Waals surface area contributed by atoms with E-state index in [9.17, 15) is 10.1 Å². The number of nitrogens with zero attached hydrogens (tertiary/aromatic N) is 3. The number of benzene rings is 2. The lowest BCUT2D eigenvalue weighted by Gasteiger charge is -2.21. The Morgan fingerprint density at radius 3 is 2.70 bits per heavy atom. The molecule has 3 rings (SSSR count). The van der Waals surface area contributed by atoms with Crippen LogP contribution in [0.2, 0.25) is 0 Å². The fourth-order valence-electron chi connectivity index (χ4n) is 2.95. The van der Waals surface area contributed by atoms with Gasteiger partial charge in [-0.05, 0) is 24.1 Å². The normalized spacial score (nSPS) is 10.4. The van der Waals surface area contributed by atoms with Crippen LogP contribution in [-0.4, -0.2) is 29.0 Å². The molecule has 3 aromatic rings. The van der Waals surface area contributed by atoms with Crippen LogP contribution in [0.4, 0.5) is 10.6 Å². The van der Waals surface area contributed by atoms with E-state index in [1.54, 1.807) is 4.90 Å². The fraction of sp³-hybridized carbons (Fsp3) is 0.190. The minimum Gasteiger partial charge on any atom is -0.367 e. The number of carbonyl (C=O) groups excluding carboxylic acids is 1. The Hall–Kier alpha value is -3.59. The minimum atomic E-state index is -0.483. The van der Waals surface area contributed by atoms with Crippen molar-refractivity contribution in [1.82, 2.24) is 9.88 Å². The third-order valence-corrected chi connectivity index (χ3v) is 4.37. The number of anilines is 1. The Morgan fingerprint density at radius 2 is 2.00 bits per heavy atom. The number of carbonyl (C=O) groups is 1. The van der Waals surface area contributed by atoms with Gasteiger partial charge in [0.1, 0.15) is 11.9 Å². The molecule has 0 unspecified atom stereocenters. The van der Waals surface area contributed by atoms with Crippen LogP contribution in [0, 0.1) is 18.3 Å². The summed E-state index contributed by atoms with van der Waals surface area (Å²) in [5, 5.41) is 13.5. The van der Waals surface area contributed by atoms with Gasteiger partial charge in [0.05, 0.1) is 11.1 Å². The van der Waals surface area contributed by atoms with Crippen molar-refractivity contribution in [3.05, 3.63) is 71.3 Å². The summed E-state index contributed by atoms with van der Waals surface area (Å²) in [5.41, 5.74) is 8.89. The molecule has 0 aliphatic rings. The van der Waals surface area contributed by atoms with Crippen LogP contribution in [-0.2, 0) is 6.54 Å². The minimum absolute atomic E-state index is 0.405. The van der Waals surface area contributed by atoms with Crippen LogP contribution in [0.3, 0.4) is 0 Å². The first kappa shape index (κ1) is 18.2. The number of fused-ring (bicyclic) bond motifs is 1. The zero-order valence-electron chi connectivity index (χ0n) is 15.1. The smallest absolute Gasteiger partial charge is 0.315 e. The topological polar surface area (TPSA) is 95.0 Å². The highest BCUT2D eigenvalue weighted by atomic mass is 16.2. The molecular formula is C21H21N5O. The molecule has 0 radical (unpaired) electrons. The maximum Gasteiger partial charge on any atom is 0.315 e.